The largest absolute Gasteiger partial charge is 0.456 e. The Hall–Kier alpha value is -4.28. The molecule has 0 aliphatic carbocycles. The lowest BCUT2D eigenvalue weighted by Crippen LogP contribution is -2.32. The van der Waals surface area contributed by atoms with Crippen molar-refractivity contribution in [2.45, 2.75) is 203 Å². The van der Waals surface area contributed by atoms with Gasteiger partial charge in [0.2, 0.25) is 0 Å². The predicted molar refractivity (Wildman–Crippen MR) is 282 cm³/mol. The zero-order chi connectivity index (χ0) is 52.3. The molecule has 7 rings (SSSR count). The van der Waals surface area contributed by atoms with Gasteiger partial charge in [-0.15, -0.1) is 0 Å². The van der Waals surface area contributed by atoms with Gasteiger partial charge < -0.3 is 53.6 Å². The van der Waals surface area contributed by atoms with Crippen LogP contribution in [0.4, 0.5) is 0 Å². The molecule has 0 saturated carbocycles. The maximum atomic E-state index is 12.6. The second kappa shape index (κ2) is 29.7. The average Bonchev–Trinajstić information content (AvgIpc) is 4.11. The molecular formula is C60H84O13. The Morgan fingerprint density at radius 3 is 1.62 bits per heavy atom. The van der Waals surface area contributed by atoms with Gasteiger partial charge in [0.15, 0.2) is 0 Å². The molecular weight excluding hydrogens is 929 g/mol. The van der Waals surface area contributed by atoms with E-state index in [1.54, 1.807) is 36.5 Å². The van der Waals surface area contributed by atoms with E-state index in [0.717, 1.165) is 62.5 Å². The van der Waals surface area contributed by atoms with Gasteiger partial charge in [-0.3, -0.25) is 0 Å². The minimum absolute atomic E-state index is 0.0795. The SMILES string of the molecule is C=C1C[C@H](C)C[C@@H]2CC=C[C@@H](C/C=C\C(=O)O[C@H]([C@@H](O)/C=C/[C@@H]3CC(C)=CCO3)C/C=C/[C@@H](O)C1)O2.C=C1C[C@H](C)C[C@@H]2CC=C[C@@H](C/C=C\C(=O)O[C@H]([C@@H](O)/C=C/[C@@H]3CC(C)=CCO3)C[C@@H]3O[C@H]3[C@@H](O)C1)O2. The van der Waals surface area contributed by atoms with Gasteiger partial charge in [0, 0.05) is 25.0 Å². The Bertz CT molecular complexity index is 2090. The fraction of sp³-hybridized carbons (Fsp3) is 0.600. The standard InChI is InChI=1S/C30H42O7.C30H42O6/c1-19-12-13-34-23(15-19)10-11-25(31)27-18-28-30(37-28)26(32)17-21(3)14-20(2)16-24-8-4-6-22(35-24)7-5-9-29(33)36-27;1-21-15-16-34-26(19-21)13-14-28(32)29-11-4-7-24(31)18-22(2)17-23(3)20-27-10-5-8-25(35-27)9-6-12-30(33)36-29/h4-6,9-12,20,22-28,30-32H,3,7-8,13-18H2,1-2H3;4-8,12-15,23-29,31-32H,2,9-11,16-20H2,1,3H3/b9-5-,11-10+;7-4+,12-6-,14-13+/t20-,22-,23+,24-,25-,26-,27-,28-,30-;23-,24+,25-,26+,27-,28-,29-/m00/s1. The summed E-state index contributed by atoms with van der Waals surface area (Å²) in [4.78, 5) is 25.2. The molecule has 73 heavy (non-hydrogen) atoms. The number of aliphatic hydroxyl groups excluding tert-OH is 4. The first-order valence-corrected chi connectivity index (χ1v) is 26.7. The summed E-state index contributed by atoms with van der Waals surface area (Å²) in [7, 11) is 0. The summed E-state index contributed by atoms with van der Waals surface area (Å²) in [5, 5.41) is 42.9. The molecule has 7 aliphatic rings. The molecule has 0 spiro atoms. The summed E-state index contributed by atoms with van der Waals surface area (Å²) in [5.41, 5.74) is 4.47. The van der Waals surface area contributed by atoms with Crippen LogP contribution in [-0.4, -0.2) is 131 Å². The Morgan fingerprint density at radius 1 is 0.589 bits per heavy atom. The van der Waals surface area contributed by atoms with E-state index in [9.17, 15) is 30.0 Å². The van der Waals surface area contributed by atoms with E-state index in [-0.39, 0.29) is 61.7 Å². The Balaban J connectivity index is 0.000000238. The monoisotopic (exact) mass is 1010 g/mol. The first-order chi connectivity index (χ1) is 35.0. The van der Waals surface area contributed by atoms with Gasteiger partial charge in [-0.2, -0.15) is 0 Å². The van der Waals surface area contributed by atoms with Gasteiger partial charge in [-0.05, 0) is 103 Å². The normalized spacial score (nSPS) is 37.8. The quantitative estimate of drug-likeness (QED) is 0.113. The number of carbonyl (C=O) groups is 2. The van der Waals surface area contributed by atoms with E-state index in [4.69, 9.17) is 33.2 Å². The van der Waals surface area contributed by atoms with Crippen LogP contribution in [0.2, 0.25) is 0 Å². The number of cyclic esters (lactones) is 2. The van der Waals surface area contributed by atoms with E-state index in [1.807, 2.05) is 36.5 Å². The van der Waals surface area contributed by atoms with Crippen LogP contribution in [0.25, 0.3) is 0 Å². The summed E-state index contributed by atoms with van der Waals surface area (Å²) >= 11 is 0. The van der Waals surface area contributed by atoms with Gasteiger partial charge in [0.25, 0.3) is 0 Å². The molecule has 1 saturated heterocycles. The average molecular weight is 1010 g/mol. The van der Waals surface area contributed by atoms with Crippen molar-refractivity contribution in [3.63, 3.8) is 0 Å². The molecule has 0 amide bonds. The lowest BCUT2D eigenvalue weighted by Gasteiger charge is -2.28. The van der Waals surface area contributed by atoms with Crippen molar-refractivity contribution in [2.24, 2.45) is 11.8 Å². The minimum atomic E-state index is -1.03. The second-order valence-corrected chi connectivity index (χ2v) is 21.3. The smallest absolute Gasteiger partial charge is 0.330 e. The number of fused-ring (bicyclic) bond motifs is 5. The molecule has 0 unspecified atom stereocenters. The highest BCUT2D eigenvalue weighted by atomic mass is 16.6. The molecule has 4 bridgehead atoms. The summed E-state index contributed by atoms with van der Waals surface area (Å²) in [6, 6.07) is 0. The number of rotatable bonds is 6. The Labute approximate surface area is 434 Å². The number of esters is 2. The molecule has 16 atom stereocenters. The maximum Gasteiger partial charge on any atom is 0.330 e. The van der Waals surface area contributed by atoms with E-state index in [2.05, 4.69) is 53.0 Å². The van der Waals surface area contributed by atoms with Crippen molar-refractivity contribution in [1.82, 2.24) is 0 Å². The number of aliphatic hydroxyl groups is 4. The molecule has 1 fully saturated rings. The summed E-state index contributed by atoms with van der Waals surface area (Å²) in [6.45, 7) is 17.9. The maximum absolute atomic E-state index is 12.6. The van der Waals surface area contributed by atoms with Gasteiger partial charge in [-0.25, -0.2) is 9.59 Å². The summed E-state index contributed by atoms with van der Waals surface area (Å²) in [5.74, 6) is -0.263. The zero-order valence-corrected chi connectivity index (χ0v) is 43.7. The zero-order valence-electron chi connectivity index (χ0n) is 43.7. The second-order valence-electron chi connectivity index (χ2n) is 21.3. The van der Waals surface area contributed by atoms with E-state index in [0.29, 0.717) is 50.7 Å². The van der Waals surface area contributed by atoms with Crippen LogP contribution in [0.15, 0.2) is 133 Å². The van der Waals surface area contributed by atoms with Gasteiger partial charge in [-0.1, -0.05) is 134 Å². The molecule has 402 valence electrons. The molecule has 0 aromatic carbocycles. The van der Waals surface area contributed by atoms with Crippen molar-refractivity contribution >= 4 is 11.9 Å². The van der Waals surface area contributed by atoms with Gasteiger partial charge in [0.05, 0.1) is 68.1 Å². The highest BCUT2D eigenvalue weighted by Gasteiger charge is 2.47. The third-order valence-electron chi connectivity index (χ3n) is 14.1. The van der Waals surface area contributed by atoms with Crippen LogP contribution in [0, 0.1) is 11.8 Å². The third kappa shape index (κ3) is 21.1. The first-order valence-electron chi connectivity index (χ1n) is 26.7. The van der Waals surface area contributed by atoms with Gasteiger partial charge in [0.1, 0.15) is 30.5 Å². The fourth-order valence-electron chi connectivity index (χ4n) is 10.3. The highest BCUT2D eigenvalue weighted by Crippen LogP contribution is 2.35. The van der Waals surface area contributed by atoms with Crippen molar-refractivity contribution in [3.05, 3.63) is 133 Å². The number of epoxide rings is 1. The lowest BCUT2D eigenvalue weighted by atomic mass is 9.91. The van der Waals surface area contributed by atoms with Crippen molar-refractivity contribution in [2.75, 3.05) is 13.2 Å². The molecule has 13 nitrogen and oxygen atoms in total. The van der Waals surface area contributed by atoms with Crippen LogP contribution in [0.3, 0.4) is 0 Å². The van der Waals surface area contributed by atoms with Crippen LogP contribution >= 0.6 is 0 Å². The van der Waals surface area contributed by atoms with Crippen LogP contribution < -0.4 is 0 Å². The van der Waals surface area contributed by atoms with E-state index < -0.39 is 48.6 Å². The lowest BCUT2D eigenvalue weighted by molar-refractivity contribution is -0.148. The number of hydrogen-bond acceptors (Lipinski definition) is 13. The highest BCUT2D eigenvalue weighted by molar-refractivity contribution is 5.82. The molecule has 7 aliphatic heterocycles. The van der Waals surface area contributed by atoms with Crippen molar-refractivity contribution < 1.29 is 63.2 Å². The molecule has 13 heteroatoms. The Kier molecular flexibility index (Phi) is 23.6. The molecule has 0 aromatic heterocycles. The number of carbonyl (C=O) groups excluding carboxylic acids is 2. The topological polar surface area (TPSA) is 183 Å². The number of hydrogen-bond donors (Lipinski definition) is 4. The third-order valence-corrected chi connectivity index (χ3v) is 14.1. The van der Waals surface area contributed by atoms with Crippen molar-refractivity contribution in [1.29, 1.82) is 0 Å². The van der Waals surface area contributed by atoms with Crippen LogP contribution in [0.5, 0.6) is 0 Å². The summed E-state index contributed by atoms with van der Waals surface area (Å²) < 4.78 is 40.8. The summed E-state index contributed by atoms with van der Waals surface area (Å²) in [6.07, 6.45) is 32.7. The minimum Gasteiger partial charge on any atom is -0.456 e. The fourth-order valence-corrected chi connectivity index (χ4v) is 10.3. The van der Waals surface area contributed by atoms with Crippen molar-refractivity contribution in [3.8, 4) is 0 Å². The predicted octanol–water partition coefficient (Wildman–Crippen LogP) is 9.00. The Morgan fingerprint density at radius 2 is 1.08 bits per heavy atom. The van der Waals surface area contributed by atoms with Crippen LogP contribution in [-0.2, 0) is 42.7 Å². The number of ether oxygens (including phenoxy) is 7. The van der Waals surface area contributed by atoms with E-state index in [1.165, 1.54) is 23.3 Å². The first kappa shape index (κ1) is 58.0. The molecule has 7 heterocycles. The van der Waals surface area contributed by atoms with Crippen LogP contribution in [0.1, 0.15) is 118 Å². The molecule has 4 N–H and O–H groups in total. The van der Waals surface area contributed by atoms with E-state index >= 15 is 0 Å². The molecule has 0 aromatic rings. The van der Waals surface area contributed by atoms with Gasteiger partial charge >= 0.3 is 11.9 Å². The molecule has 0 radical (unpaired) electrons.